The summed E-state index contributed by atoms with van der Waals surface area (Å²) < 4.78 is 0. The van der Waals surface area contributed by atoms with Crippen molar-refractivity contribution in [2.75, 3.05) is 17.2 Å². The van der Waals surface area contributed by atoms with Gasteiger partial charge in [-0.05, 0) is 25.5 Å². The SMILES string of the molecule is CCc1[nH]nc(C(=O)N(CC)c2ccncc2)c1N. The lowest BCUT2D eigenvalue weighted by molar-refractivity contribution is 0.0984. The van der Waals surface area contributed by atoms with E-state index >= 15 is 0 Å². The quantitative estimate of drug-likeness (QED) is 0.873. The minimum absolute atomic E-state index is 0.206. The average Bonchev–Trinajstić information content (AvgIpc) is 2.81. The van der Waals surface area contributed by atoms with Crippen molar-refractivity contribution in [2.45, 2.75) is 20.3 Å². The fraction of sp³-hybridized carbons (Fsp3) is 0.308. The van der Waals surface area contributed by atoms with Crippen LogP contribution in [0.5, 0.6) is 0 Å². The van der Waals surface area contributed by atoms with Crippen molar-refractivity contribution in [2.24, 2.45) is 0 Å². The number of hydrogen-bond acceptors (Lipinski definition) is 4. The Kier molecular flexibility index (Phi) is 3.79. The summed E-state index contributed by atoms with van der Waals surface area (Å²) in [4.78, 5) is 18.0. The van der Waals surface area contributed by atoms with Crippen molar-refractivity contribution in [1.82, 2.24) is 15.2 Å². The molecule has 0 aliphatic rings. The third-order valence-corrected chi connectivity index (χ3v) is 2.97. The first-order valence-corrected chi connectivity index (χ1v) is 6.23. The molecule has 0 atom stereocenters. The topological polar surface area (TPSA) is 87.9 Å². The highest BCUT2D eigenvalue weighted by molar-refractivity contribution is 6.08. The molecule has 0 bridgehead atoms. The Morgan fingerprint density at radius 3 is 2.58 bits per heavy atom. The number of aromatic nitrogens is 3. The van der Waals surface area contributed by atoms with E-state index < -0.39 is 0 Å². The normalized spacial score (nSPS) is 10.4. The third kappa shape index (κ3) is 2.42. The summed E-state index contributed by atoms with van der Waals surface area (Å²) >= 11 is 0. The predicted molar refractivity (Wildman–Crippen MR) is 74.0 cm³/mol. The number of rotatable bonds is 4. The molecule has 1 amide bonds. The molecule has 2 heterocycles. The molecule has 3 N–H and O–H groups in total. The van der Waals surface area contributed by atoms with E-state index in [0.717, 1.165) is 11.4 Å². The van der Waals surface area contributed by atoms with Gasteiger partial charge in [0, 0.05) is 24.6 Å². The number of H-pyrrole nitrogens is 1. The van der Waals surface area contributed by atoms with Gasteiger partial charge in [0.1, 0.15) is 0 Å². The van der Waals surface area contributed by atoms with Crippen LogP contribution in [-0.4, -0.2) is 27.6 Å². The molecular formula is C13H17N5O. The van der Waals surface area contributed by atoms with Gasteiger partial charge in [-0.25, -0.2) is 0 Å². The van der Waals surface area contributed by atoms with Crippen LogP contribution in [0.2, 0.25) is 0 Å². The monoisotopic (exact) mass is 259 g/mol. The summed E-state index contributed by atoms with van der Waals surface area (Å²) in [5, 5.41) is 6.82. The van der Waals surface area contributed by atoms with Gasteiger partial charge in [-0.15, -0.1) is 0 Å². The van der Waals surface area contributed by atoms with E-state index in [4.69, 9.17) is 5.73 Å². The van der Waals surface area contributed by atoms with Crippen molar-refractivity contribution in [3.05, 3.63) is 35.9 Å². The fourth-order valence-corrected chi connectivity index (χ4v) is 1.91. The summed E-state index contributed by atoms with van der Waals surface area (Å²) in [5.74, 6) is -0.206. The van der Waals surface area contributed by atoms with Crippen molar-refractivity contribution < 1.29 is 4.79 Å². The van der Waals surface area contributed by atoms with Gasteiger partial charge in [0.25, 0.3) is 5.91 Å². The minimum atomic E-state index is -0.206. The molecule has 0 unspecified atom stereocenters. The third-order valence-electron chi connectivity index (χ3n) is 2.97. The average molecular weight is 259 g/mol. The summed E-state index contributed by atoms with van der Waals surface area (Å²) in [6.07, 6.45) is 4.01. The number of hydrogen-bond donors (Lipinski definition) is 2. The molecule has 0 saturated heterocycles. The number of nitrogen functional groups attached to an aromatic ring is 1. The van der Waals surface area contributed by atoms with E-state index in [1.165, 1.54) is 0 Å². The molecule has 19 heavy (non-hydrogen) atoms. The van der Waals surface area contributed by atoms with Crippen LogP contribution in [0, 0.1) is 0 Å². The van der Waals surface area contributed by atoms with Crippen LogP contribution >= 0.6 is 0 Å². The maximum absolute atomic E-state index is 12.5. The Balaban J connectivity index is 2.34. The summed E-state index contributed by atoms with van der Waals surface area (Å²) in [6.45, 7) is 4.40. The minimum Gasteiger partial charge on any atom is -0.395 e. The zero-order valence-corrected chi connectivity index (χ0v) is 11.1. The first kappa shape index (κ1) is 13.1. The van der Waals surface area contributed by atoms with E-state index in [1.54, 1.807) is 29.4 Å². The molecule has 0 fully saturated rings. The highest BCUT2D eigenvalue weighted by atomic mass is 16.2. The molecule has 0 saturated carbocycles. The Morgan fingerprint density at radius 1 is 1.37 bits per heavy atom. The molecule has 100 valence electrons. The number of carbonyl (C=O) groups excluding carboxylic acids is 1. The van der Waals surface area contributed by atoms with Gasteiger partial charge in [-0.1, -0.05) is 6.92 Å². The lowest BCUT2D eigenvalue weighted by atomic mass is 10.2. The molecule has 6 nitrogen and oxygen atoms in total. The second-order valence-electron chi connectivity index (χ2n) is 4.07. The van der Waals surface area contributed by atoms with Crippen LogP contribution in [0.25, 0.3) is 0 Å². The van der Waals surface area contributed by atoms with Crippen LogP contribution in [0.1, 0.15) is 30.0 Å². The summed E-state index contributed by atoms with van der Waals surface area (Å²) in [7, 11) is 0. The molecule has 2 aromatic heterocycles. The largest absolute Gasteiger partial charge is 0.395 e. The number of carbonyl (C=O) groups is 1. The first-order chi connectivity index (χ1) is 9.19. The Hall–Kier alpha value is -2.37. The van der Waals surface area contributed by atoms with Crippen molar-refractivity contribution in [3.63, 3.8) is 0 Å². The maximum Gasteiger partial charge on any atom is 0.280 e. The number of aromatic amines is 1. The standard InChI is InChI=1S/C13H17N5O/c1-3-10-11(14)12(17-16-10)13(19)18(4-2)9-5-7-15-8-6-9/h5-8H,3-4,14H2,1-2H3,(H,16,17). The van der Waals surface area contributed by atoms with Gasteiger partial charge in [0.2, 0.25) is 0 Å². The Labute approximate surface area is 111 Å². The summed E-state index contributed by atoms with van der Waals surface area (Å²) in [6, 6.07) is 3.57. The van der Waals surface area contributed by atoms with E-state index in [0.29, 0.717) is 18.7 Å². The van der Waals surface area contributed by atoms with E-state index in [-0.39, 0.29) is 11.6 Å². The fourth-order valence-electron chi connectivity index (χ4n) is 1.91. The molecule has 2 rings (SSSR count). The Morgan fingerprint density at radius 2 is 2.05 bits per heavy atom. The zero-order valence-electron chi connectivity index (χ0n) is 11.1. The van der Waals surface area contributed by atoms with Gasteiger partial charge >= 0.3 is 0 Å². The first-order valence-electron chi connectivity index (χ1n) is 6.23. The number of nitrogens with one attached hydrogen (secondary N) is 1. The van der Waals surface area contributed by atoms with Gasteiger partial charge in [-0.2, -0.15) is 5.10 Å². The molecular weight excluding hydrogens is 242 g/mol. The molecule has 6 heteroatoms. The van der Waals surface area contributed by atoms with Gasteiger partial charge in [0.15, 0.2) is 5.69 Å². The maximum atomic E-state index is 12.5. The van der Waals surface area contributed by atoms with E-state index in [1.807, 2.05) is 13.8 Å². The second-order valence-corrected chi connectivity index (χ2v) is 4.07. The molecule has 0 aromatic carbocycles. The zero-order chi connectivity index (χ0) is 13.8. The molecule has 0 spiro atoms. The Bertz CT molecular complexity index is 564. The van der Waals surface area contributed by atoms with E-state index in [9.17, 15) is 4.79 Å². The van der Waals surface area contributed by atoms with E-state index in [2.05, 4.69) is 15.2 Å². The van der Waals surface area contributed by atoms with Crippen LogP contribution in [0.4, 0.5) is 11.4 Å². The molecule has 2 aromatic rings. The number of pyridine rings is 1. The van der Waals surface area contributed by atoms with Gasteiger partial charge in [-0.3, -0.25) is 14.9 Å². The van der Waals surface area contributed by atoms with Crippen LogP contribution in [0.3, 0.4) is 0 Å². The molecule has 0 aliphatic carbocycles. The van der Waals surface area contributed by atoms with Crippen molar-refractivity contribution in [3.8, 4) is 0 Å². The molecule has 0 radical (unpaired) electrons. The number of nitrogens with two attached hydrogens (primary N) is 1. The van der Waals surface area contributed by atoms with Crippen LogP contribution in [0.15, 0.2) is 24.5 Å². The smallest absolute Gasteiger partial charge is 0.280 e. The van der Waals surface area contributed by atoms with Crippen LogP contribution < -0.4 is 10.6 Å². The lowest BCUT2D eigenvalue weighted by Gasteiger charge is -2.19. The number of anilines is 2. The number of aryl methyl sites for hydroxylation is 1. The second kappa shape index (κ2) is 5.51. The number of nitrogens with zero attached hydrogens (tertiary/aromatic N) is 3. The van der Waals surface area contributed by atoms with Gasteiger partial charge in [0.05, 0.1) is 11.4 Å². The van der Waals surface area contributed by atoms with Crippen molar-refractivity contribution >= 4 is 17.3 Å². The summed E-state index contributed by atoms with van der Waals surface area (Å²) in [5.41, 5.74) is 8.20. The van der Waals surface area contributed by atoms with Crippen LogP contribution in [-0.2, 0) is 6.42 Å². The number of amides is 1. The highest BCUT2D eigenvalue weighted by Crippen LogP contribution is 2.20. The van der Waals surface area contributed by atoms with Crippen molar-refractivity contribution in [1.29, 1.82) is 0 Å². The lowest BCUT2D eigenvalue weighted by Crippen LogP contribution is -2.31. The molecule has 0 aliphatic heterocycles. The predicted octanol–water partition coefficient (Wildman–Crippen LogP) is 1.62. The highest BCUT2D eigenvalue weighted by Gasteiger charge is 2.22. The van der Waals surface area contributed by atoms with Gasteiger partial charge < -0.3 is 10.6 Å².